The molecule has 0 atom stereocenters. The first-order chi connectivity index (χ1) is 14.9. The van der Waals surface area contributed by atoms with Gasteiger partial charge in [-0.25, -0.2) is 13.4 Å². The molecule has 2 N–H and O–H groups in total. The van der Waals surface area contributed by atoms with Crippen LogP contribution in [-0.4, -0.2) is 38.7 Å². The largest absolute Gasteiger partial charge is 0.493 e. The minimum absolute atomic E-state index is 0.149. The highest BCUT2D eigenvalue weighted by Gasteiger charge is 2.10. The van der Waals surface area contributed by atoms with E-state index in [0.29, 0.717) is 36.0 Å². The van der Waals surface area contributed by atoms with Crippen LogP contribution in [0.15, 0.2) is 83.0 Å². The van der Waals surface area contributed by atoms with E-state index in [-0.39, 0.29) is 17.3 Å². The topological polar surface area (TPSA) is 113 Å². The van der Waals surface area contributed by atoms with Crippen molar-refractivity contribution in [3.8, 4) is 17.4 Å². The molecule has 1 heterocycles. The van der Waals surface area contributed by atoms with Gasteiger partial charge in [-0.2, -0.15) is 0 Å². The van der Waals surface area contributed by atoms with Crippen molar-refractivity contribution >= 4 is 15.7 Å². The number of para-hydroxylation sites is 1. The van der Waals surface area contributed by atoms with Crippen LogP contribution in [-0.2, 0) is 14.7 Å². The number of nitrogens with two attached hydrogens (primary N) is 1. The summed E-state index contributed by atoms with van der Waals surface area (Å²) in [4.78, 5) is 9.74. The van der Waals surface area contributed by atoms with Crippen molar-refractivity contribution in [3.05, 3.63) is 78.5 Å². The van der Waals surface area contributed by atoms with Crippen LogP contribution in [0.3, 0.4) is 0 Å². The first kappa shape index (κ1) is 22.1. The molecule has 0 saturated heterocycles. The van der Waals surface area contributed by atoms with Crippen molar-refractivity contribution in [1.82, 2.24) is 4.98 Å². The van der Waals surface area contributed by atoms with E-state index < -0.39 is 9.84 Å². The van der Waals surface area contributed by atoms with Gasteiger partial charge in [-0.1, -0.05) is 23.4 Å². The number of benzene rings is 2. The van der Waals surface area contributed by atoms with Crippen molar-refractivity contribution in [2.24, 2.45) is 10.9 Å². The molecule has 0 aliphatic carbocycles. The molecule has 0 bridgehead atoms. The number of ether oxygens (including phenoxy) is 2. The van der Waals surface area contributed by atoms with Crippen molar-refractivity contribution in [3.63, 3.8) is 0 Å². The molecule has 2 aromatic carbocycles. The van der Waals surface area contributed by atoms with Gasteiger partial charge in [0, 0.05) is 18.9 Å². The van der Waals surface area contributed by atoms with E-state index in [9.17, 15) is 8.42 Å². The number of hydrogen-bond acceptors (Lipinski definition) is 7. The Bertz CT molecular complexity index is 1120. The molecule has 3 aromatic rings. The number of pyridine rings is 1. The minimum atomic E-state index is -3.22. The van der Waals surface area contributed by atoms with E-state index in [1.54, 1.807) is 30.5 Å². The number of sulfone groups is 1. The monoisotopic (exact) mass is 441 g/mol. The molecule has 0 unspecified atom stereocenters. The Balaban J connectivity index is 1.47. The molecular weight excluding hydrogens is 418 g/mol. The third-order valence-corrected chi connectivity index (χ3v) is 5.20. The predicted molar refractivity (Wildman–Crippen MR) is 117 cm³/mol. The van der Waals surface area contributed by atoms with Gasteiger partial charge >= 0.3 is 0 Å². The van der Waals surface area contributed by atoms with Crippen LogP contribution in [0.5, 0.6) is 17.4 Å². The van der Waals surface area contributed by atoms with Crippen LogP contribution < -0.4 is 15.2 Å². The molecule has 0 aliphatic rings. The lowest BCUT2D eigenvalue weighted by molar-refractivity contribution is 0.127. The minimum Gasteiger partial charge on any atom is -0.493 e. The maximum atomic E-state index is 11.5. The van der Waals surface area contributed by atoms with E-state index in [1.165, 1.54) is 12.1 Å². The third-order valence-electron chi connectivity index (χ3n) is 4.07. The number of rotatable bonds is 10. The molecule has 0 spiro atoms. The second-order valence-electron chi connectivity index (χ2n) is 6.53. The Kier molecular flexibility index (Phi) is 7.45. The van der Waals surface area contributed by atoms with E-state index >= 15 is 0 Å². The lowest BCUT2D eigenvalue weighted by Crippen LogP contribution is -2.16. The second kappa shape index (κ2) is 10.4. The molecule has 0 fully saturated rings. The first-order valence-electron chi connectivity index (χ1n) is 9.50. The molecule has 0 aliphatic heterocycles. The molecule has 8 nitrogen and oxygen atoms in total. The zero-order valence-electron chi connectivity index (χ0n) is 17.0. The third kappa shape index (κ3) is 6.71. The fourth-order valence-corrected chi connectivity index (χ4v) is 3.16. The van der Waals surface area contributed by atoms with Crippen molar-refractivity contribution in [2.75, 3.05) is 19.5 Å². The maximum absolute atomic E-state index is 11.5. The van der Waals surface area contributed by atoms with Gasteiger partial charge in [0.15, 0.2) is 15.7 Å². The standard InChI is InChI=1S/C22H23N3O5S/c1-31(26,27)19-12-10-17(11-13-19)28-15-6-16-29-25-21(23)20-9-5-14-24-22(20)30-18-7-3-2-4-8-18/h2-5,7-14H,6,15-16H2,1H3,(H2,23,25). The van der Waals surface area contributed by atoms with Gasteiger partial charge in [-0.05, 0) is 48.5 Å². The van der Waals surface area contributed by atoms with E-state index in [1.807, 2.05) is 30.3 Å². The lowest BCUT2D eigenvalue weighted by Gasteiger charge is -2.09. The smallest absolute Gasteiger partial charge is 0.230 e. The Labute approximate surface area is 181 Å². The molecule has 9 heteroatoms. The molecule has 0 radical (unpaired) electrons. The van der Waals surface area contributed by atoms with Gasteiger partial charge in [0.1, 0.15) is 18.1 Å². The fraction of sp³-hybridized carbons (Fsp3) is 0.182. The molecular formula is C22H23N3O5S. The van der Waals surface area contributed by atoms with Crippen molar-refractivity contribution < 1.29 is 22.7 Å². The van der Waals surface area contributed by atoms with Gasteiger partial charge in [0.05, 0.1) is 17.1 Å². The Morgan fingerprint density at radius 3 is 2.42 bits per heavy atom. The van der Waals surface area contributed by atoms with E-state index in [2.05, 4.69) is 10.1 Å². The molecule has 0 amide bonds. The van der Waals surface area contributed by atoms with Crippen molar-refractivity contribution in [1.29, 1.82) is 0 Å². The molecule has 31 heavy (non-hydrogen) atoms. The SMILES string of the molecule is CS(=O)(=O)c1ccc(OCCCO/N=C(/N)c2cccnc2Oc2ccccc2)cc1. The molecule has 162 valence electrons. The summed E-state index contributed by atoms with van der Waals surface area (Å²) in [5.41, 5.74) is 6.55. The average Bonchev–Trinajstić information content (AvgIpc) is 2.77. The van der Waals surface area contributed by atoms with Crippen LogP contribution in [0.2, 0.25) is 0 Å². The van der Waals surface area contributed by atoms with Gasteiger partial charge in [-0.15, -0.1) is 0 Å². The number of hydrogen-bond donors (Lipinski definition) is 1. The van der Waals surface area contributed by atoms with Gasteiger partial charge in [0.25, 0.3) is 0 Å². The van der Waals surface area contributed by atoms with Gasteiger partial charge in [-0.3, -0.25) is 0 Å². The molecule has 1 aromatic heterocycles. The molecule has 3 rings (SSSR count). The fourth-order valence-electron chi connectivity index (χ4n) is 2.53. The van der Waals surface area contributed by atoms with Crippen LogP contribution in [0.25, 0.3) is 0 Å². The summed E-state index contributed by atoms with van der Waals surface area (Å²) in [5, 5.41) is 3.93. The summed E-state index contributed by atoms with van der Waals surface area (Å²) in [6.07, 6.45) is 3.33. The highest BCUT2D eigenvalue weighted by atomic mass is 32.2. The Morgan fingerprint density at radius 2 is 1.71 bits per heavy atom. The Morgan fingerprint density at radius 1 is 0.968 bits per heavy atom. The van der Waals surface area contributed by atoms with E-state index in [0.717, 1.165) is 6.26 Å². The summed E-state index contributed by atoms with van der Waals surface area (Å²) in [6, 6.07) is 19.0. The van der Waals surface area contributed by atoms with Crippen LogP contribution in [0.1, 0.15) is 12.0 Å². The van der Waals surface area contributed by atoms with E-state index in [4.69, 9.17) is 20.0 Å². The van der Waals surface area contributed by atoms with Crippen molar-refractivity contribution in [2.45, 2.75) is 11.3 Å². The molecule has 0 saturated carbocycles. The predicted octanol–water partition coefficient (Wildman–Crippen LogP) is 3.38. The van der Waals surface area contributed by atoms with Gasteiger partial charge < -0.3 is 20.0 Å². The highest BCUT2D eigenvalue weighted by Crippen LogP contribution is 2.22. The number of aromatic nitrogens is 1. The zero-order valence-corrected chi connectivity index (χ0v) is 17.8. The van der Waals surface area contributed by atoms with Crippen LogP contribution in [0, 0.1) is 0 Å². The number of nitrogens with zero attached hydrogens (tertiary/aromatic N) is 2. The second-order valence-corrected chi connectivity index (χ2v) is 8.54. The summed E-state index contributed by atoms with van der Waals surface area (Å²) in [6.45, 7) is 0.667. The maximum Gasteiger partial charge on any atom is 0.230 e. The van der Waals surface area contributed by atoms with Gasteiger partial charge in [0.2, 0.25) is 5.88 Å². The average molecular weight is 442 g/mol. The normalized spacial score (nSPS) is 11.7. The summed E-state index contributed by atoms with van der Waals surface area (Å²) >= 11 is 0. The zero-order chi connectivity index (χ0) is 22.1. The number of amidine groups is 1. The first-order valence-corrected chi connectivity index (χ1v) is 11.4. The summed E-state index contributed by atoms with van der Waals surface area (Å²) in [7, 11) is -3.22. The van der Waals surface area contributed by atoms with Crippen LogP contribution >= 0.6 is 0 Å². The lowest BCUT2D eigenvalue weighted by atomic mass is 10.2. The summed E-state index contributed by atoms with van der Waals surface area (Å²) in [5.74, 6) is 1.70. The summed E-state index contributed by atoms with van der Waals surface area (Å²) < 4.78 is 34.2. The highest BCUT2D eigenvalue weighted by molar-refractivity contribution is 7.90. The van der Waals surface area contributed by atoms with Crippen LogP contribution in [0.4, 0.5) is 0 Å². The Hall–Kier alpha value is -3.59. The quantitative estimate of drug-likeness (QED) is 0.222. The number of oxime groups is 1.